The predicted octanol–water partition coefficient (Wildman–Crippen LogP) is 4.73. The minimum Gasteiger partial charge on any atom is -0.457 e. The van der Waals surface area contributed by atoms with E-state index in [1.54, 1.807) is 59.5 Å². The van der Waals surface area contributed by atoms with Crippen LogP contribution >= 0.6 is 0 Å². The SMILES string of the molecule is Cc1c(Oc2ccnc(Nc3ccnn3C)c2)cccc1C(=O)NCc1ccc(F)cc1. The molecule has 0 bridgehead atoms. The number of benzene rings is 2. The second kappa shape index (κ2) is 9.30. The number of anilines is 2. The molecule has 0 saturated heterocycles. The topological polar surface area (TPSA) is 81.1 Å². The number of carbonyl (C=O) groups excluding carboxylic acids is 1. The van der Waals surface area contributed by atoms with Crippen molar-refractivity contribution in [2.75, 3.05) is 5.32 Å². The Hall–Kier alpha value is -4.20. The largest absolute Gasteiger partial charge is 0.457 e. The summed E-state index contributed by atoms with van der Waals surface area (Å²) in [6.45, 7) is 2.13. The van der Waals surface area contributed by atoms with Crippen molar-refractivity contribution in [2.45, 2.75) is 13.5 Å². The first-order chi connectivity index (χ1) is 15.5. The average molecular weight is 431 g/mol. The van der Waals surface area contributed by atoms with E-state index in [4.69, 9.17) is 4.74 Å². The third-order valence-electron chi connectivity index (χ3n) is 4.93. The van der Waals surface area contributed by atoms with E-state index >= 15 is 0 Å². The average Bonchev–Trinajstić information content (AvgIpc) is 3.19. The van der Waals surface area contributed by atoms with Crippen LogP contribution in [-0.4, -0.2) is 20.7 Å². The number of hydrogen-bond donors (Lipinski definition) is 2. The smallest absolute Gasteiger partial charge is 0.251 e. The molecule has 2 N–H and O–H groups in total. The van der Waals surface area contributed by atoms with E-state index in [0.29, 0.717) is 35.0 Å². The number of nitrogens with one attached hydrogen (secondary N) is 2. The molecule has 0 aliphatic heterocycles. The van der Waals surface area contributed by atoms with Gasteiger partial charge in [0.1, 0.15) is 29.0 Å². The second-order valence-corrected chi connectivity index (χ2v) is 7.18. The van der Waals surface area contributed by atoms with Gasteiger partial charge in [0.05, 0.1) is 6.20 Å². The lowest BCUT2D eigenvalue weighted by Gasteiger charge is -2.13. The number of hydrogen-bond acceptors (Lipinski definition) is 5. The number of pyridine rings is 1. The lowest BCUT2D eigenvalue weighted by Crippen LogP contribution is -2.23. The molecule has 0 atom stereocenters. The second-order valence-electron chi connectivity index (χ2n) is 7.18. The summed E-state index contributed by atoms with van der Waals surface area (Å²) in [4.78, 5) is 17.0. The molecule has 2 aromatic heterocycles. The zero-order valence-electron chi connectivity index (χ0n) is 17.7. The molecule has 4 rings (SSSR count). The van der Waals surface area contributed by atoms with Crippen molar-refractivity contribution in [1.29, 1.82) is 0 Å². The Morgan fingerprint density at radius 1 is 1.09 bits per heavy atom. The zero-order valence-corrected chi connectivity index (χ0v) is 17.7. The van der Waals surface area contributed by atoms with Gasteiger partial charge in [-0.2, -0.15) is 5.10 Å². The minimum atomic E-state index is -0.310. The van der Waals surface area contributed by atoms with Crippen LogP contribution in [-0.2, 0) is 13.6 Å². The Balaban J connectivity index is 1.46. The molecule has 0 unspecified atom stereocenters. The van der Waals surface area contributed by atoms with Crippen molar-refractivity contribution in [3.63, 3.8) is 0 Å². The molecule has 2 aromatic carbocycles. The van der Waals surface area contributed by atoms with Crippen molar-refractivity contribution in [2.24, 2.45) is 7.05 Å². The van der Waals surface area contributed by atoms with Crippen molar-refractivity contribution >= 4 is 17.5 Å². The van der Waals surface area contributed by atoms with E-state index < -0.39 is 0 Å². The molecule has 7 nitrogen and oxygen atoms in total. The van der Waals surface area contributed by atoms with Crippen LogP contribution in [0.3, 0.4) is 0 Å². The van der Waals surface area contributed by atoms with Gasteiger partial charge in [-0.05, 0) is 42.8 Å². The highest BCUT2D eigenvalue weighted by Gasteiger charge is 2.13. The summed E-state index contributed by atoms with van der Waals surface area (Å²) in [5, 5.41) is 10.2. The van der Waals surface area contributed by atoms with Gasteiger partial charge in [0.2, 0.25) is 0 Å². The minimum absolute atomic E-state index is 0.231. The molecular formula is C24H22FN5O2. The highest BCUT2D eigenvalue weighted by Crippen LogP contribution is 2.28. The van der Waals surface area contributed by atoms with Gasteiger partial charge in [0.15, 0.2) is 0 Å². The number of halogens is 1. The third kappa shape index (κ3) is 4.92. The summed E-state index contributed by atoms with van der Waals surface area (Å²) < 4.78 is 20.8. The number of nitrogens with zero attached hydrogens (tertiary/aromatic N) is 3. The molecule has 1 amide bonds. The molecule has 4 aromatic rings. The van der Waals surface area contributed by atoms with Gasteiger partial charge >= 0.3 is 0 Å². The fourth-order valence-corrected chi connectivity index (χ4v) is 3.15. The maximum atomic E-state index is 13.1. The molecule has 0 fully saturated rings. The van der Waals surface area contributed by atoms with Crippen LogP contribution < -0.4 is 15.4 Å². The molecule has 162 valence electrons. The van der Waals surface area contributed by atoms with Gasteiger partial charge < -0.3 is 15.4 Å². The fraction of sp³-hybridized carbons (Fsp3) is 0.125. The van der Waals surface area contributed by atoms with E-state index in [9.17, 15) is 9.18 Å². The van der Waals surface area contributed by atoms with Crippen LogP contribution in [0.1, 0.15) is 21.5 Å². The molecule has 0 aliphatic carbocycles. The number of ether oxygens (including phenoxy) is 1. The Morgan fingerprint density at radius 3 is 2.66 bits per heavy atom. The van der Waals surface area contributed by atoms with Crippen molar-refractivity contribution in [3.05, 3.63) is 95.6 Å². The molecular weight excluding hydrogens is 409 g/mol. The van der Waals surface area contributed by atoms with E-state index in [2.05, 4.69) is 20.7 Å². The Morgan fingerprint density at radius 2 is 1.91 bits per heavy atom. The maximum Gasteiger partial charge on any atom is 0.251 e. The molecule has 0 aliphatic rings. The first-order valence-corrected chi connectivity index (χ1v) is 10.0. The summed E-state index contributed by atoms with van der Waals surface area (Å²) in [6.07, 6.45) is 3.33. The Labute approximate surface area is 184 Å². The first-order valence-electron chi connectivity index (χ1n) is 10.0. The number of amides is 1. The fourth-order valence-electron chi connectivity index (χ4n) is 3.15. The quantitative estimate of drug-likeness (QED) is 0.442. The van der Waals surface area contributed by atoms with Crippen LogP contribution in [0.4, 0.5) is 16.0 Å². The highest BCUT2D eigenvalue weighted by atomic mass is 19.1. The standard InChI is InChI=1S/C24H22FN5O2/c1-16-20(24(31)27-15-17-6-8-18(25)9-7-17)4-3-5-21(16)32-19-10-12-26-22(14-19)29-23-11-13-28-30(23)2/h3-14H,15H2,1-2H3,(H,26,29)(H,27,31). The third-order valence-corrected chi connectivity index (χ3v) is 4.93. The number of aromatic nitrogens is 3. The zero-order chi connectivity index (χ0) is 22.5. The van der Waals surface area contributed by atoms with Gasteiger partial charge in [0, 0.05) is 43.0 Å². The van der Waals surface area contributed by atoms with Crippen molar-refractivity contribution in [3.8, 4) is 11.5 Å². The molecule has 8 heteroatoms. The van der Waals surface area contributed by atoms with E-state index in [1.807, 2.05) is 20.0 Å². The summed E-state index contributed by atoms with van der Waals surface area (Å²) in [6, 6.07) is 16.7. The van der Waals surface area contributed by atoms with Crippen LogP contribution in [0.25, 0.3) is 0 Å². The molecule has 0 radical (unpaired) electrons. The molecule has 2 heterocycles. The molecule has 0 saturated carbocycles. The van der Waals surface area contributed by atoms with Gasteiger partial charge in [-0.3, -0.25) is 9.48 Å². The normalized spacial score (nSPS) is 10.6. The van der Waals surface area contributed by atoms with Gasteiger partial charge in [-0.25, -0.2) is 9.37 Å². The lowest BCUT2D eigenvalue weighted by molar-refractivity contribution is 0.0950. The van der Waals surface area contributed by atoms with Gasteiger partial charge in [-0.1, -0.05) is 18.2 Å². The maximum absolute atomic E-state index is 13.1. The van der Waals surface area contributed by atoms with Crippen molar-refractivity contribution in [1.82, 2.24) is 20.1 Å². The molecule has 0 spiro atoms. The van der Waals surface area contributed by atoms with E-state index in [0.717, 1.165) is 11.4 Å². The monoisotopic (exact) mass is 431 g/mol. The van der Waals surface area contributed by atoms with Gasteiger partial charge in [0.25, 0.3) is 5.91 Å². The summed E-state index contributed by atoms with van der Waals surface area (Å²) in [5.41, 5.74) is 2.03. The van der Waals surface area contributed by atoms with E-state index in [1.165, 1.54) is 12.1 Å². The summed E-state index contributed by atoms with van der Waals surface area (Å²) in [7, 11) is 1.83. The Bertz CT molecular complexity index is 1240. The van der Waals surface area contributed by atoms with Crippen LogP contribution in [0.5, 0.6) is 11.5 Å². The molecule has 32 heavy (non-hydrogen) atoms. The van der Waals surface area contributed by atoms with Crippen LogP contribution in [0, 0.1) is 12.7 Å². The van der Waals surface area contributed by atoms with Crippen LogP contribution in [0.2, 0.25) is 0 Å². The van der Waals surface area contributed by atoms with Gasteiger partial charge in [-0.15, -0.1) is 0 Å². The predicted molar refractivity (Wildman–Crippen MR) is 120 cm³/mol. The summed E-state index contributed by atoms with van der Waals surface area (Å²) in [5.74, 6) is 2.01. The Kier molecular flexibility index (Phi) is 6.12. The lowest BCUT2D eigenvalue weighted by atomic mass is 10.1. The van der Waals surface area contributed by atoms with E-state index in [-0.39, 0.29) is 11.7 Å². The number of aryl methyl sites for hydroxylation is 1. The number of carbonyl (C=O) groups is 1. The highest BCUT2D eigenvalue weighted by molar-refractivity contribution is 5.96. The van der Waals surface area contributed by atoms with Crippen molar-refractivity contribution < 1.29 is 13.9 Å². The number of rotatable bonds is 7. The summed E-state index contributed by atoms with van der Waals surface area (Å²) >= 11 is 0. The van der Waals surface area contributed by atoms with Crippen LogP contribution in [0.15, 0.2) is 73.1 Å². The first kappa shape index (κ1) is 21.0.